The summed E-state index contributed by atoms with van der Waals surface area (Å²) in [5, 5.41) is 14.8. The van der Waals surface area contributed by atoms with Crippen LogP contribution >= 0.6 is 0 Å². The van der Waals surface area contributed by atoms with E-state index in [1.165, 1.54) is 14.0 Å². The Balaban J connectivity index is 1.45. The predicted molar refractivity (Wildman–Crippen MR) is 138 cm³/mol. The van der Waals surface area contributed by atoms with Gasteiger partial charge in [-0.15, -0.1) is 0 Å². The first kappa shape index (κ1) is 27.4. The highest BCUT2D eigenvalue weighted by atomic mass is 16.6. The summed E-state index contributed by atoms with van der Waals surface area (Å²) < 4.78 is 28.0. The maximum Gasteiger partial charge on any atom is 0.407 e. The van der Waals surface area contributed by atoms with Crippen molar-refractivity contribution in [2.24, 2.45) is 0 Å². The van der Waals surface area contributed by atoms with Gasteiger partial charge in [-0.3, -0.25) is 0 Å². The number of alkyl carbamates (subject to hydrolysis) is 1. The summed E-state index contributed by atoms with van der Waals surface area (Å²) in [6, 6.07) is 2.64. The average Bonchev–Trinajstić information content (AvgIpc) is 3.26. The monoisotopic (exact) mass is 544 g/mol. The number of hydrogen-bond donors (Lipinski definition) is 2. The standard InChI is InChI=1S/C28H36N2O9/c1-16(31)5-7-18(29-26(33)37-14-13-35-3)25(32)38-20-9-10-28(34)21-15-17-6-8-19(36-4)23-22(17)27(28,24(20)39-23)11-12-30(21)2/h6,8-9,18,21,24,34H,5,7,10-15H2,1-4H3,(H,29,33)/t18?,21-,24+,27+,28-/m1/s1. The normalized spacial score (nSPS) is 28.9. The van der Waals surface area contributed by atoms with Crippen molar-refractivity contribution in [1.29, 1.82) is 0 Å². The van der Waals surface area contributed by atoms with E-state index in [1.54, 1.807) is 13.2 Å². The molecule has 1 spiro atoms. The van der Waals surface area contributed by atoms with Gasteiger partial charge in [-0.2, -0.15) is 0 Å². The van der Waals surface area contributed by atoms with Gasteiger partial charge in [-0.25, -0.2) is 9.59 Å². The van der Waals surface area contributed by atoms with Gasteiger partial charge in [0.25, 0.3) is 0 Å². The third-order valence-corrected chi connectivity index (χ3v) is 8.66. The van der Waals surface area contributed by atoms with Gasteiger partial charge in [0.1, 0.15) is 24.2 Å². The van der Waals surface area contributed by atoms with Crippen LogP contribution in [-0.4, -0.2) is 92.7 Å². The molecule has 0 radical (unpaired) electrons. The van der Waals surface area contributed by atoms with Crippen LogP contribution in [0.4, 0.5) is 4.79 Å². The highest BCUT2D eigenvalue weighted by Crippen LogP contribution is 2.65. The predicted octanol–water partition coefficient (Wildman–Crippen LogP) is 1.63. The van der Waals surface area contributed by atoms with E-state index in [0.717, 1.165) is 17.7 Å². The van der Waals surface area contributed by atoms with Crippen LogP contribution in [0.25, 0.3) is 0 Å². The van der Waals surface area contributed by atoms with Crippen LogP contribution in [0.15, 0.2) is 24.0 Å². The molecule has 1 amide bonds. The summed E-state index contributed by atoms with van der Waals surface area (Å²) in [5.41, 5.74) is 0.0472. The molecule has 1 fully saturated rings. The Hall–Kier alpha value is -3.15. The molecule has 1 aromatic carbocycles. The van der Waals surface area contributed by atoms with Gasteiger partial charge in [0, 0.05) is 31.6 Å². The maximum absolute atomic E-state index is 13.4. The Kier molecular flexibility index (Phi) is 7.34. The summed E-state index contributed by atoms with van der Waals surface area (Å²) in [7, 11) is 5.07. The van der Waals surface area contributed by atoms with E-state index in [9.17, 15) is 19.5 Å². The summed E-state index contributed by atoms with van der Waals surface area (Å²) in [5.74, 6) is 0.541. The highest BCUT2D eigenvalue weighted by Gasteiger charge is 2.72. The number of aliphatic hydroxyl groups is 1. The van der Waals surface area contributed by atoms with Gasteiger partial charge in [0.2, 0.25) is 0 Å². The molecule has 0 aromatic heterocycles. The van der Waals surface area contributed by atoms with Crippen LogP contribution in [-0.2, 0) is 35.6 Å². The number of hydrogen-bond acceptors (Lipinski definition) is 10. The third kappa shape index (κ3) is 4.36. The number of likely N-dealkylation sites (N-methyl/N-ethyl adjacent to an activating group) is 1. The van der Waals surface area contributed by atoms with E-state index in [0.29, 0.717) is 24.3 Å². The van der Waals surface area contributed by atoms with Crippen molar-refractivity contribution in [1.82, 2.24) is 10.2 Å². The van der Waals surface area contributed by atoms with Crippen molar-refractivity contribution >= 4 is 17.8 Å². The van der Waals surface area contributed by atoms with E-state index in [2.05, 4.69) is 10.2 Å². The second-order valence-corrected chi connectivity index (χ2v) is 10.8. The number of nitrogens with zero attached hydrogens (tertiary/aromatic N) is 1. The Bertz CT molecular complexity index is 1200. The number of carbonyl (C=O) groups excluding carboxylic acids is 3. The van der Waals surface area contributed by atoms with Crippen LogP contribution in [0.2, 0.25) is 0 Å². The molecule has 5 atom stereocenters. The fourth-order valence-electron chi connectivity index (χ4n) is 6.77. The second kappa shape index (κ2) is 10.4. The zero-order valence-corrected chi connectivity index (χ0v) is 22.8. The quantitative estimate of drug-likeness (QED) is 0.331. The first-order valence-electron chi connectivity index (χ1n) is 13.3. The lowest BCUT2D eigenvalue weighted by Crippen LogP contribution is -2.74. The number of nitrogens with one attached hydrogen (secondary N) is 1. The summed E-state index contributed by atoms with van der Waals surface area (Å²) in [6.45, 7) is 2.36. The number of carbonyl (C=O) groups is 3. The van der Waals surface area contributed by atoms with Crippen LogP contribution in [0.1, 0.15) is 43.7 Å². The van der Waals surface area contributed by atoms with E-state index < -0.39 is 35.2 Å². The molecule has 11 heteroatoms. The van der Waals surface area contributed by atoms with Crippen molar-refractivity contribution < 1.29 is 43.2 Å². The van der Waals surface area contributed by atoms with Gasteiger partial charge in [-0.1, -0.05) is 6.07 Å². The molecular formula is C28H36N2O9. The van der Waals surface area contributed by atoms with Gasteiger partial charge < -0.3 is 43.8 Å². The molecule has 39 heavy (non-hydrogen) atoms. The number of ketones is 1. The molecule has 0 saturated carbocycles. The lowest BCUT2D eigenvalue weighted by molar-refractivity contribution is -0.170. The first-order valence-corrected chi connectivity index (χ1v) is 13.3. The zero-order chi connectivity index (χ0) is 27.9. The topological polar surface area (TPSA) is 133 Å². The van der Waals surface area contributed by atoms with Gasteiger partial charge in [-0.05, 0) is 57.5 Å². The number of likely N-dealkylation sites (tertiary alicyclic amines) is 1. The molecule has 1 unspecified atom stereocenters. The Morgan fingerprint density at radius 1 is 1.26 bits per heavy atom. The minimum atomic E-state index is -1.14. The minimum absolute atomic E-state index is 0.0109. The number of rotatable bonds is 10. The van der Waals surface area contributed by atoms with Crippen LogP contribution in [0.3, 0.4) is 0 Å². The Morgan fingerprint density at radius 2 is 2.05 bits per heavy atom. The molecule has 11 nitrogen and oxygen atoms in total. The number of piperidine rings is 1. The highest BCUT2D eigenvalue weighted by molar-refractivity contribution is 5.83. The number of methoxy groups -OCH3 is 2. The lowest BCUT2D eigenvalue weighted by Gasteiger charge is -2.61. The number of esters is 1. The molecule has 1 saturated heterocycles. The van der Waals surface area contributed by atoms with Gasteiger partial charge in [0.15, 0.2) is 17.6 Å². The van der Waals surface area contributed by atoms with Crippen molar-refractivity contribution in [2.45, 2.75) is 68.2 Å². The Morgan fingerprint density at radius 3 is 2.77 bits per heavy atom. The molecular weight excluding hydrogens is 508 g/mol. The lowest BCUT2D eigenvalue weighted by atomic mass is 9.50. The molecule has 2 aliphatic heterocycles. The number of benzene rings is 1. The van der Waals surface area contributed by atoms with Crippen molar-refractivity contribution in [2.75, 3.05) is 41.0 Å². The summed E-state index contributed by atoms with van der Waals surface area (Å²) in [4.78, 5) is 39.6. The smallest absolute Gasteiger partial charge is 0.407 e. The van der Waals surface area contributed by atoms with Crippen LogP contribution in [0, 0.1) is 0 Å². The molecule has 212 valence electrons. The first-order chi connectivity index (χ1) is 18.7. The van der Waals surface area contributed by atoms with Crippen LogP contribution < -0.4 is 14.8 Å². The fourth-order valence-corrected chi connectivity index (χ4v) is 6.77. The Labute approximate surface area is 227 Å². The minimum Gasteiger partial charge on any atom is -0.493 e. The van der Waals surface area contributed by atoms with Gasteiger partial charge in [0.05, 0.1) is 24.7 Å². The second-order valence-electron chi connectivity index (χ2n) is 10.8. The van der Waals surface area contributed by atoms with Gasteiger partial charge >= 0.3 is 12.1 Å². The zero-order valence-electron chi connectivity index (χ0n) is 22.8. The molecule has 4 aliphatic rings. The molecule has 2 bridgehead atoms. The maximum atomic E-state index is 13.4. The number of Topliss-reactive ketones (excluding diaryl/α,β-unsaturated/α-hetero) is 1. The van der Waals surface area contributed by atoms with Crippen molar-refractivity contribution in [3.63, 3.8) is 0 Å². The van der Waals surface area contributed by atoms with Crippen LogP contribution in [0.5, 0.6) is 11.5 Å². The van der Waals surface area contributed by atoms with E-state index in [-0.39, 0.29) is 50.1 Å². The van der Waals surface area contributed by atoms with E-state index >= 15 is 0 Å². The summed E-state index contributed by atoms with van der Waals surface area (Å²) in [6.07, 6.45) is 1.80. The molecule has 1 aromatic rings. The fraction of sp³-hybridized carbons (Fsp3) is 0.607. The summed E-state index contributed by atoms with van der Waals surface area (Å²) >= 11 is 0. The molecule has 5 rings (SSSR count). The van der Waals surface area contributed by atoms with Crippen molar-refractivity contribution in [3.05, 3.63) is 35.1 Å². The largest absolute Gasteiger partial charge is 0.493 e. The SMILES string of the molecule is COCCOC(=O)NC(CCC(C)=O)C(=O)OC1=CC[C@@]2(O)[C@H]3Cc4ccc(OC)c5c4[C@@]2(CCN3C)[C@H]1O5. The number of ether oxygens (including phenoxy) is 5. The third-order valence-electron chi connectivity index (χ3n) is 8.66. The number of amides is 1. The average molecular weight is 545 g/mol. The molecule has 2 heterocycles. The molecule has 2 N–H and O–H groups in total. The molecule has 2 aliphatic carbocycles. The van der Waals surface area contributed by atoms with Crippen molar-refractivity contribution in [3.8, 4) is 11.5 Å². The van der Waals surface area contributed by atoms with E-state index in [1.807, 2.05) is 19.2 Å². The van der Waals surface area contributed by atoms with E-state index in [4.69, 9.17) is 23.7 Å².